The first kappa shape index (κ1) is 15.7. The zero-order valence-electron chi connectivity index (χ0n) is 12.9. The molecule has 0 radical (unpaired) electrons. The molecule has 5 heteroatoms. The first-order valence-corrected chi connectivity index (χ1v) is 8.50. The lowest BCUT2D eigenvalue weighted by Crippen LogP contribution is -2.26. The molecule has 0 spiro atoms. The highest BCUT2D eigenvalue weighted by molar-refractivity contribution is 7.15. The van der Waals surface area contributed by atoms with E-state index in [1.165, 1.54) is 41.4 Å². The smallest absolute Gasteiger partial charge is 0.186 e. The molecule has 1 N–H and O–H groups in total. The van der Waals surface area contributed by atoms with Gasteiger partial charge in [0, 0.05) is 37.7 Å². The summed E-state index contributed by atoms with van der Waals surface area (Å²) in [5, 5.41) is 4.63. The first-order chi connectivity index (χ1) is 9.76. The Kier molecular flexibility index (Phi) is 6.26. The molecule has 0 aliphatic heterocycles. The van der Waals surface area contributed by atoms with Crippen LogP contribution in [0.3, 0.4) is 0 Å². The van der Waals surface area contributed by atoms with Crippen LogP contribution in [0, 0.1) is 6.92 Å². The number of aryl methyl sites for hydroxylation is 1. The lowest BCUT2D eigenvalue weighted by atomic mass is 10.3. The quantitative estimate of drug-likeness (QED) is 0.674. The molecule has 2 rings (SSSR count). The van der Waals surface area contributed by atoms with Gasteiger partial charge in [0.05, 0.1) is 12.3 Å². The maximum atomic E-state index is 5.05. The van der Waals surface area contributed by atoms with Crippen molar-refractivity contribution in [1.29, 1.82) is 0 Å². The summed E-state index contributed by atoms with van der Waals surface area (Å²) in [6.45, 7) is 8.09. The van der Waals surface area contributed by atoms with E-state index in [1.54, 1.807) is 7.11 Å². The predicted octanol–water partition coefficient (Wildman–Crippen LogP) is 2.96. The maximum absolute atomic E-state index is 5.05. The molecule has 0 unspecified atom stereocenters. The lowest BCUT2D eigenvalue weighted by molar-refractivity contribution is 0.199. The Morgan fingerprint density at radius 1 is 1.45 bits per heavy atom. The second-order valence-electron chi connectivity index (χ2n) is 5.45. The van der Waals surface area contributed by atoms with Gasteiger partial charge in [-0.1, -0.05) is 13.3 Å². The fourth-order valence-corrected chi connectivity index (χ4v) is 3.35. The van der Waals surface area contributed by atoms with Gasteiger partial charge in [-0.2, -0.15) is 0 Å². The SMILES string of the molecule is CCCCN(c1nc(C)c(CNCCOC)s1)C1CC1. The van der Waals surface area contributed by atoms with Crippen molar-refractivity contribution in [3.63, 3.8) is 0 Å². The number of aromatic nitrogens is 1. The van der Waals surface area contributed by atoms with E-state index in [0.29, 0.717) is 0 Å². The number of methoxy groups -OCH3 is 1. The number of ether oxygens (including phenoxy) is 1. The minimum absolute atomic E-state index is 0.751. The van der Waals surface area contributed by atoms with Crippen LogP contribution in [0.1, 0.15) is 43.2 Å². The van der Waals surface area contributed by atoms with Crippen molar-refractivity contribution in [3.05, 3.63) is 10.6 Å². The molecule has 0 saturated heterocycles. The second-order valence-corrected chi connectivity index (χ2v) is 6.51. The standard InChI is InChI=1S/C15H27N3OS/c1-4-5-9-18(13-6-7-13)15-17-12(2)14(20-15)11-16-8-10-19-3/h13,16H,4-11H2,1-3H3. The van der Waals surface area contributed by atoms with Gasteiger partial charge in [0.1, 0.15) is 0 Å². The van der Waals surface area contributed by atoms with Crippen LogP contribution in [-0.2, 0) is 11.3 Å². The van der Waals surface area contributed by atoms with E-state index in [1.807, 2.05) is 11.3 Å². The van der Waals surface area contributed by atoms with E-state index < -0.39 is 0 Å². The number of anilines is 1. The van der Waals surface area contributed by atoms with Crippen LogP contribution in [0.15, 0.2) is 0 Å². The molecule has 1 aliphatic carbocycles. The average molecular weight is 297 g/mol. The average Bonchev–Trinajstić information content (AvgIpc) is 3.20. The zero-order valence-corrected chi connectivity index (χ0v) is 13.8. The normalized spacial score (nSPS) is 14.8. The van der Waals surface area contributed by atoms with Crippen LogP contribution >= 0.6 is 11.3 Å². The Morgan fingerprint density at radius 2 is 2.25 bits per heavy atom. The van der Waals surface area contributed by atoms with E-state index in [9.17, 15) is 0 Å². The molecule has 0 amide bonds. The highest BCUT2D eigenvalue weighted by atomic mass is 32.1. The van der Waals surface area contributed by atoms with E-state index in [0.717, 1.165) is 32.3 Å². The highest BCUT2D eigenvalue weighted by Gasteiger charge is 2.30. The zero-order chi connectivity index (χ0) is 14.4. The molecule has 20 heavy (non-hydrogen) atoms. The van der Waals surface area contributed by atoms with Crippen molar-refractivity contribution in [1.82, 2.24) is 10.3 Å². The van der Waals surface area contributed by atoms with Gasteiger partial charge in [-0.15, -0.1) is 11.3 Å². The molecule has 0 atom stereocenters. The number of nitrogens with zero attached hydrogens (tertiary/aromatic N) is 2. The van der Waals surface area contributed by atoms with E-state index >= 15 is 0 Å². The number of rotatable bonds is 10. The van der Waals surface area contributed by atoms with E-state index in [-0.39, 0.29) is 0 Å². The Morgan fingerprint density at radius 3 is 2.90 bits per heavy atom. The summed E-state index contributed by atoms with van der Waals surface area (Å²) in [5.41, 5.74) is 1.18. The number of hydrogen-bond donors (Lipinski definition) is 1. The highest BCUT2D eigenvalue weighted by Crippen LogP contribution is 2.35. The molecule has 1 heterocycles. The van der Waals surface area contributed by atoms with Gasteiger partial charge < -0.3 is 15.0 Å². The molecule has 1 aromatic heterocycles. The molecular formula is C15H27N3OS. The molecule has 0 aromatic carbocycles. The van der Waals surface area contributed by atoms with Gasteiger partial charge in [0.25, 0.3) is 0 Å². The Hall–Kier alpha value is -0.650. The second kappa shape index (κ2) is 7.96. The minimum atomic E-state index is 0.751. The summed E-state index contributed by atoms with van der Waals surface area (Å²) in [7, 11) is 1.74. The van der Waals surface area contributed by atoms with Crippen molar-refractivity contribution in [2.24, 2.45) is 0 Å². The number of unbranched alkanes of at least 4 members (excludes halogenated alkanes) is 1. The summed E-state index contributed by atoms with van der Waals surface area (Å²) >= 11 is 1.86. The Balaban J connectivity index is 1.93. The van der Waals surface area contributed by atoms with Crippen LogP contribution < -0.4 is 10.2 Å². The molecule has 1 fully saturated rings. The minimum Gasteiger partial charge on any atom is -0.383 e. The predicted molar refractivity (Wildman–Crippen MR) is 85.7 cm³/mol. The van der Waals surface area contributed by atoms with Gasteiger partial charge in [-0.05, 0) is 26.2 Å². The van der Waals surface area contributed by atoms with Crippen LogP contribution in [0.2, 0.25) is 0 Å². The van der Waals surface area contributed by atoms with Crippen LogP contribution in [0.25, 0.3) is 0 Å². The van der Waals surface area contributed by atoms with Gasteiger partial charge >= 0.3 is 0 Å². The summed E-state index contributed by atoms with van der Waals surface area (Å²) in [6.07, 6.45) is 5.18. The number of hydrogen-bond acceptors (Lipinski definition) is 5. The fourth-order valence-electron chi connectivity index (χ4n) is 2.22. The summed E-state index contributed by atoms with van der Waals surface area (Å²) in [4.78, 5) is 8.68. The first-order valence-electron chi connectivity index (χ1n) is 7.68. The third kappa shape index (κ3) is 4.43. The van der Waals surface area contributed by atoms with Crippen molar-refractivity contribution < 1.29 is 4.74 Å². The van der Waals surface area contributed by atoms with Crippen molar-refractivity contribution in [2.75, 3.05) is 31.7 Å². The monoisotopic (exact) mass is 297 g/mol. The van der Waals surface area contributed by atoms with Gasteiger partial charge in [0.2, 0.25) is 0 Å². The molecule has 0 bridgehead atoms. The fraction of sp³-hybridized carbons (Fsp3) is 0.800. The van der Waals surface area contributed by atoms with Gasteiger partial charge in [-0.25, -0.2) is 4.98 Å². The Bertz CT molecular complexity index is 404. The summed E-state index contributed by atoms with van der Waals surface area (Å²) < 4.78 is 5.05. The van der Waals surface area contributed by atoms with Crippen LogP contribution in [0.4, 0.5) is 5.13 Å². The molecule has 1 saturated carbocycles. The Labute approximate surface area is 126 Å². The van der Waals surface area contributed by atoms with E-state index in [2.05, 4.69) is 24.1 Å². The topological polar surface area (TPSA) is 37.4 Å². The van der Waals surface area contributed by atoms with Crippen LogP contribution in [0.5, 0.6) is 0 Å². The molecule has 114 valence electrons. The molecule has 1 aliphatic rings. The van der Waals surface area contributed by atoms with E-state index in [4.69, 9.17) is 9.72 Å². The van der Waals surface area contributed by atoms with Crippen molar-refractivity contribution in [2.45, 2.75) is 52.1 Å². The van der Waals surface area contributed by atoms with Crippen molar-refractivity contribution in [3.8, 4) is 0 Å². The molecule has 1 aromatic rings. The third-order valence-corrected chi connectivity index (χ3v) is 4.83. The maximum Gasteiger partial charge on any atom is 0.186 e. The summed E-state index contributed by atoms with van der Waals surface area (Å²) in [5.74, 6) is 0. The summed E-state index contributed by atoms with van der Waals surface area (Å²) in [6, 6.07) is 0.751. The third-order valence-electron chi connectivity index (χ3n) is 3.64. The van der Waals surface area contributed by atoms with Gasteiger partial charge in [0.15, 0.2) is 5.13 Å². The van der Waals surface area contributed by atoms with Crippen LogP contribution in [-0.4, -0.2) is 37.8 Å². The number of thiazole rings is 1. The van der Waals surface area contributed by atoms with Gasteiger partial charge in [-0.3, -0.25) is 0 Å². The van der Waals surface area contributed by atoms with Crippen molar-refractivity contribution >= 4 is 16.5 Å². The largest absolute Gasteiger partial charge is 0.383 e. The number of nitrogens with one attached hydrogen (secondary N) is 1. The molecule has 4 nitrogen and oxygen atoms in total. The lowest BCUT2D eigenvalue weighted by Gasteiger charge is -2.20. The molecular weight excluding hydrogens is 270 g/mol.